The van der Waals surface area contributed by atoms with Gasteiger partial charge in [0.25, 0.3) is 0 Å². The molecular weight excluding hydrogens is 569 g/mol. The molecule has 3 heteroatoms. The molecule has 1 nitrogen and oxygen atoms in total. The molecule has 0 heterocycles. The van der Waals surface area contributed by atoms with Crippen LogP contribution in [0.5, 0.6) is 0 Å². The lowest BCUT2D eigenvalue weighted by atomic mass is 10.1. The fourth-order valence-corrected chi connectivity index (χ4v) is 9.64. The maximum Gasteiger partial charge on any atom is 0.116 e. The lowest BCUT2D eigenvalue weighted by molar-refractivity contribution is -0.00000747. The molecule has 0 radical (unpaired) electrons. The number of benzene rings is 6. The van der Waals surface area contributed by atoms with Crippen LogP contribution in [-0.2, 0) is 6.16 Å². The van der Waals surface area contributed by atoms with Gasteiger partial charge in [-0.3, -0.25) is 0 Å². The summed E-state index contributed by atoms with van der Waals surface area (Å²) in [5.41, 5.74) is 4.79. The molecule has 0 spiro atoms. The van der Waals surface area contributed by atoms with E-state index in [1.54, 1.807) is 0 Å². The highest BCUT2D eigenvalue weighted by Gasteiger charge is 2.45. The van der Waals surface area contributed by atoms with Crippen molar-refractivity contribution >= 4 is 40.2 Å². The zero-order valence-corrected chi connectivity index (χ0v) is 24.7. The van der Waals surface area contributed by atoms with E-state index in [4.69, 9.17) is 0 Å². The third kappa shape index (κ3) is 5.65. The molecule has 0 bridgehead atoms. The summed E-state index contributed by atoms with van der Waals surface area (Å²) in [7, 11) is -1.94. The molecule has 6 rings (SSSR count). The number of para-hydroxylation sites is 2. The normalized spacial score (nSPS) is 10.9. The van der Waals surface area contributed by atoms with Gasteiger partial charge in [0.15, 0.2) is 0 Å². The van der Waals surface area contributed by atoms with E-state index in [2.05, 4.69) is 181 Å². The minimum atomic E-state index is -1.94. The van der Waals surface area contributed by atoms with Crippen molar-refractivity contribution in [1.82, 2.24) is 0 Å². The molecule has 0 aliphatic carbocycles. The predicted octanol–water partition coefficient (Wildman–Crippen LogP) is 5.65. The van der Waals surface area contributed by atoms with Crippen molar-refractivity contribution < 1.29 is 17.0 Å². The Bertz CT molecular complexity index is 1460. The lowest BCUT2D eigenvalue weighted by Gasteiger charge is -2.28. The standard InChI is InChI=1S/C37H31NP.BrH/c1-6-16-32(17-7-1)38(33-18-8-2-9-19-33)34-28-26-31(27-29-34)30-39(35-20-10-3-11-21-35,36-22-12-4-13-23-36)37-24-14-5-15-25-37;/h1-29H,30H2;1H/q+1;/p-1. The van der Waals surface area contributed by atoms with Gasteiger partial charge in [-0.05, 0) is 78.4 Å². The van der Waals surface area contributed by atoms with Gasteiger partial charge in [0, 0.05) is 17.1 Å². The predicted molar refractivity (Wildman–Crippen MR) is 170 cm³/mol. The molecule has 6 aromatic rings. The second-order valence-corrected chi connectivity index (χ2v) is 13.1. The molecule has 0 saturated heterocycles. The van der Waals surface area contributed by atoms with Crippen molar-refractivity contribution in [3.8, 4) is 0 Å². The molecule has 6 aromatic carbocycles. The van der Waals surface area contributed by atoms with Crippen molar-refractivity contribution in [3.05, 3.63) is 181 Å². The van der Waals surface area contributed by atoms with Gasteiger partial charge in [-0.25, -0.2) is 0 Å². The minimum absolute atomic E-state index is 0. The first-order chi connectivity index (χ1) is 19.3. The number of hydrogen-bond acceptors (Lipinski definition) is 1. The fourth-order valence-electron chi connectivity index (χ4n) is 5.39. The Morgan fingerprint density at radius 1 is 0.350 bits per heavy atom. The van der Waals surface area contributed by atoms with E-state index >= 15 is 0 Å². The van der Waals surface area contributed by atoms with Crippen LogP contribution in [0, 0.1) is 0 Å². The average Bonchev–Trinajstić information content (AvgIpc) is 3.03. The Morgan fingerprint density at radius 3 is 1.00 bits per heavy atom. The Morgan fingerprint density at radius 2 is 0.650 bits per heavy atom. The van der Waals surface area contributed by atoms with E-state index in [0.717, 1.165) is 23.2 Å². The van der Waals surface area contributed by atoms with Crippen LogP contribution in [0.1, 0.15) is 5.56 Å². The third-order valence-corrected chi connectivity index (χ3v) is 11.6. The first kappa shape index (κ1) is 27.6. The molecular formula is C37H31BrNP. The largest absolute Gasteiger partial charge is 1.00 e. The summed E-state index contributed by atoms with van der Waals surface area (Å²) in [6.07, 6.45) is 0.960. The van der Waals surface area contributed by atoms with Crippen LogP contribution in [0.2, 0.25) is 0 Å². The number of nitrogens with zero attached hydrogens (tertiary/aromatic N) is 1. The van der Waals surface area contributed by atoms with Crippen molar-refractivity contribution in [2.24, 2.45) is 0 Å². The highest BCUT2D eigenvalue weighted by Crippen LogP contribution is 2.58. The monoisotopic (exact) mass is 599 g/mol. The molecule has 0 aliphatic heterocycles. The van der Waals surface area contributed by atoms with Crippen molar-refractivity contribution in [2.75, 3.05) is 4.90 Å². The van der Waals surface area contributed by atoms with E-state index in [0.29, 0.717) is 0 Å². The van der Waals surface area contributed by atoms with Crippen LogP contribution in [0.15, 0.2) is 176 Å². The zero-order chi connectivity index (χ0) is 26.3. The molecule has 0 fully saturated rings. The first-order valence-corrected chi connectivity index (χ1v) is 15.4. The van der Waals surface area contributed by atoms with Crippen molar-refractivity contribution in [3.63, 3.8) is 0 Å². The summed E-state index contributed by atoms with van der Waals surface area (Å²) in [6.45, 7) is 0. The lowest BCUT2D eigenvalue weighted by Crippen LogP contribution is -3.00. The van der Waals surface area contributed by atoms with Gasteiger partial charge in [-0.1, -0.05) is 103 Å². The minimum Gasteiger partial charge on any atom is -1.00 e. The van der Waals surface area contributed by atoms with Crippen LogP contribution in [0.3, 0.4) is 0 Å². The van der Waals surface area contributed by atoms with Gasteiger partial charge >= 0.3 is 0 Å². The van der Waals surface area contributed by atoms with Gasteiger partial charge < -0.3 is 21.9 Å². The molecule has 0 aliphatic rings. The third-order valence-electron chi connectivity index (χ3n) is 7.23. The Balaban J connectivity index is 0.00000323. The quantitative estimate of drug-likeness (QED) is 0.204. The second kappa shape index (κ2) is 12.9. The molecule has 0 atom stereocenters. The Kier molecular flexibility index (Phi) is 8.91. The maximum absolute atomic E-state index is 2.32. The molecule has 0 aromatic heterocycles. The fraction of sp³-hybridized carbons (Fsp3) is 0.0270. The molecule has 40 heavy (non-hydrogen) atoms. The van der Waals surface area contributed by atoms with E-state index in [9.17, 15) is 0 Å². The molecule has 196 valence electrons. The van der Waals surface area contributed by atoms with E-state index in [-0.39, 0.29) is 17.0 Å². The second-order valence-electron chi connectivity index (χ2n) is 9.65. The number of halogens is 1. The summed E-state index contributed by atoms with van der Waals surface area (Å²) in [6, 6.07) is 63.6. The highest BCUT2D eigenvalue weighted by molar-refractivity contribution is 7.95. The summed E-state index contributed by atoms with van der Waals surface area (Å²) in [5.74, 6) is 0. The average molecular weight is 601 g/mol. The smallest absolute Gasteiger partial charge is 0.116 e. The molecule has 0 unspecified atom stereocenters. The summed E-state index contributed by atoms with van der Waals surface area (Å²) in [4.78, 5) is 2.32. The highest BCUT2D eigenvalue weighted by atomic mass is 79.9. The van der Waals surface area contributed by atoms with Gasteiger partial charge in [0.1, 0.15) is 23.2 Å². The summed E-state index contributed by atoms with van der Waals surface area (Å²) >= 11 is 0. The molecule has 0 saturated carbocycles. The van der Waals surface area contributed by atoms with Crippen LogP contribution < -0.4 is 37.8 Å². The van der Waals surface area contributed by atoms with Crippen molar-refractivity contribution in [1.29, 1.82) is 0 Å². The summed E-state index contributed by atoms with van der Waals surface area (Å²) < 4.78 is 0. The Labute approximate surface area is 248 Å². The summed E-state index contributed by atoms with van der Waals surface area (Å²) in [5, 5.41) is 4.21. The zero-order valence-electron chi connectivity index (χ0n) is 22.2. The van der Waals surface area contributed by atoms with Crippen molar-refractivity contribution in [2.45, 2.75) is 6.16 Å². The number of hydrogen-bond donors (Lipinski definition) is 0. The van der Waals surface area contributed by atoms with Gasteiger partial charge in [-0.15, -0.1) is 0 Å². The van der Waals surface area contributed by atoms with Crippen LogP contribution in [-0.4, -0.2) is 0 Å². The number of anilines is 3. The maximum atomic E-state index is 2.32. The number of rotatable bonds is 8. The van der Waals surface area contributed by atoms with E-state index in [1.807, 2.05) is 0 Å². The van der Waals surface area contributed by atoms with Crippen LogP contribution in [0.25, 0.3) is 0 Å². The van der Waals surface area contributed by atoms with Crippen LogP contribution >= 0.6 is 7.26 Å². The molecule has 0 amide bonds. The van der Waals surface area contributed by atoms with E-state index < -0.39 is 7.26 Å². The first-order valence-electron chi connectivity index (χ1n) is 13.4. The molecule has 0 N–H and O–H groups in total. The topological polar surface area (TPSA) is 3.24 Å². The van der Waals surface area contributed by atoms with Crippen LogP contribution in [0.4, 0.5) is 17.1 Å². The van der Waals surface area contributed by atoms with Gasteiger partial charge in [0.05, 0.1) is 6.16 Å². The van der Waals surface area contributed by atoms with Gasteiger partial charge in [0.2, 0.25) is 0 Å². The van der Waals surface area contributed by atoms with Gasteiger partial charge in [-0.2, -0.15) is 0 Å². The Hall–Kier alpha value is -3.97. The van der Waals surface area contributed by atoms with E-state index in [1.165, 1.54) is 21.5 Å². The SMILES string of the molecule is [Br-].c1ccc(N(c2ccccc2)c2ccc(C[P+](c3ccccc3)(c3ccccc3)c3ccccc3)cc2)cc1.